The molecule has 0 spiro atoms. The van der Waals surface area contributed by atoms with E-state index in [1.165, 1.54) is 11.1 Å². The van der Waals surface area contributed by atoms with Crippen LogP contribution in [0.25, 0.3) is 0 Å². The van der Waals surface area contributed by atoms with Gasteiger partial charge in [0.05, 0.1) is 0 Å². The lowest BCUT2D eigenvalue weighted by atomic mass is 10.1. The third-order valence-corrected chi connectivity index (χ3v) is 3.36. The quantitative estimate of drug-likeness (QED) is 0.749. The maximum Gasteiger partial charge on any atom is 0.323 e. The summed E-state index contributed by atoms with van der Waals surface area (Å²) in [6.45, 7) is 4.83. The zero-order valence-electron chi connectivity index (χ0n) is 10.6. The van der Waals surface area contributed by atoms with Crippen LogP contribution in [-0.2, 0) is 16.1 Å². The molecule has 17 heavy (non-hydrogen) atoms. The van der Waals surface area contributed by atoms with E-state index in [9.17, 15) is 4.79 Å². The molecule has 0 N–H and O–H groups in total. The second kappa shape index (κ2) is 4.88. The molecule has 92 valence electrons. The fourth-order valence-electron chi connectivity index (χ4n) is 2.26. The van der Waals surface area contributed by atoms with Crippen molar-refractivity contribution in [2.75, 3.05) is 7.05 Å². The molecular weight excluding hydrogens is 214 g/mol. The van der Waals surface area contributed by atoms with Gasteiger partial charge in [0.25, 0.3) is 0 Å². The minimum Gasteiger partial charge on any atom is -0.461 e. The number of hydrogen-bond acceptors (Lipinski definition) is 3. The van der Waals surface area contributed by atoms with Crippen molar-refractivity contribution in [2.24, 2.45) is 0 Å². The van der Waals surface area contributed by atoms with E-state index in [-0.39, 0.29) is 18.1 Å². The Morgan fingerprint density at radius 2 is 2.12 bits per heavy atom. The molecule has 1 aromatic carbocycles. The van der Waals surface area contributed by atoms with Gasteiger partial charge in [0.15, 0.2) is 0 Å². The molecule has 0 aromatic heterocycles. The Labute approximate surface area is 102 Å². The van der Waals surface area contributed by atoms with Crippen LogP contribution in [0.15, 0.2) is 24.3 Å². The van der Waals surface area contributed by atoms with Gasteiger partial charge in [-0.3, -0.25) is 9.69 Å². The number of benzene rings is 1. The molecule has 2 atom stereocenters. The molecular formula is C14H19NO2. The third kappa shape index (κ3) is 2.67. The molecule has 3 nitrogen and oxygen atoms in total. The fraction of sp³-hybridized carbons (Fsp3) is 0.500. The second-order valence-corrected chi connectivity index (χ2v) is 4.84. The van der Waals surface area contributed by atoms with Crippen molar-refractivity contribution in [3.05, 3.63) is 35.4 Å². The molecule has 0 aliphatic carbocycles. The van der Waals surface area contributed by atoms with Crippen LogP contribution in [0.1, 0.15) is 24.5 Å². The summed E-state index contributed by atoms with van der Waals surface area (Å²) in [7, 11) is 1.98. The predicted molar refractivity (Wildman–Crippen MR) is 66.6 cm³/mol. The standard InChI is InChI=1S/C14H19NO2/c1-10-6-4-5-7-12(10)9-15(3)13-8-11(2)17-14(13)16/h4-7,11,13H,8-9H2,1-3H3/t11-,13-/m0/s1. The van der Waals surface area contributed by atoms with Crippen LogP contribution in [0.2, 0.25) is 0 Å². The normalized spacial score (nSPS) is 24.1. The fourth-order valence-corrected chi connectivity index (χ4v) is 2.26. The predicted octanol–water partition coefficient (Wildman–Crippen LogP) is 2.13. The van der Waals surface area contributed by atoms with Gasteiger partial charge >= 0.3 is 5.97 Å². The minimum atomic E-state index is -0.0930. The lowest BCUT2D eigenvalue weighted by molar-refractivity contribution is -0.144. The molecule has 1 heterocycles. The number of nitrogens with zero attached hydrogens (tertiary/aromatic N) is 1. The van der Waals surface area contributed by atoms with Gasteiger partial charge in [0, 0.05) is 13.0 Å². The number of likely N-dealkylation sites (N-methyl/N-ethyl adjacent to an activating group) is 1. The van der Waals surface area contributed by atoms with E-state index in [1.807, 2.05) is 26.1 Å². The summed E-state index contributed by atoms with van der Waals surface area (Å²) in [4.78, 5) is 13.7. The van der Waals surface area contributed by atoms with E-state index >= 15 is 0 Å². The van der Waals surface area contributed by atoms with E-state index in [0.717, 1.165) is 13.0 Å². The summed E-state index contributed by atoms with van der Waals surface area (Å²) in [5.74, 6) is -0.0893. The van der Waals surface area contributed by atoms with Crippen molar-refractivity contribution in [1.29, 1.82) is 0 Å². The maximum absolute atomic E-state index is 11.6. The Hall–Kier alpha value is -1.35. The second-order valence-electron chi connectivity index (χ2n) is 4.84. The number of cyclic esters (lactones) is 1. The molecule has 0 amide bonds. The zero-order chi connectivity index (χ0) is 12.4. The molecule has 3 heteroatoms. The molecule has 0 radical (unpaired) electrons. The Bertz CT molecular complexity index is 416. The van der Waals surface area contributed by atoms with Crippen molar-refractivity contribution >= 4 is 5.97 Å². The minimum absolute atomic E-state index is 0.0480. The Morgan fingerprint density at radius 3 is 2.71 bits per heavy atom. The first kappa shape index (κ1) is 12.1. The van der Waals surface area contributed by atoms with Gasteiger partial charge in [0.1, 0.15) is 12.1 Å². The highest BCUT2D eigenvalue weighted by molar-refractivity contribution is 5.77. The van der Waals surface area contributed by atoms with Crippen LogP contribution in [-0.4, -0.2) is 30.1 Å². The average Bonchev–Trinajstić information content (AvgIpc) is 2.61. The first-order valence-corrected chi connectivity index (χ1v) is 6.03. The lowest BCUT2D eigenvalue weighted by Gasteiger charge is -2.21. The van der Waals surface area contributed by atoms with Gasteiger partial charge in [-0.1, -0.05) is 24.3 Å². The van der Waals surface area contributed by atoms with Crippen molar-refractivity contribution in [3.63, 3.8) is 0 Å². The number of hydrogen-bond donors (Lipinski definition) is 0. The number of ether oxygens (including phenoxy) is 1. The van der Waals surface area contributed by atoms with Crippen LogP contribution in [0.3, 0.4) is 0 Å². The lowest BCUT2D eigenvalue weighted by Crippen LogP contribution is -2.34. The molecule has 1 aliphatic rings. The monoisotopic (exact) mass is 233 g/mol. The van der Waals surface area contributed by atoms with Crippen LogP contribution < -0.4 is 0 Å². The van der Waals surface area contributed by atoms with Crippen molar-refractivity contribution < 1.29 is 9.53 Å². The number of esters is 1. The van der Waals surface area contributed by atoms with Gasteiger partial charge in [-0.2, -0.15) is 0 Å². The number of aryl methyl sites for hydroxylation is 1. The van der Waals surface area contributed by atoms with Crippen molar-refractivity contribution in [1.82, 2.24) is 4.90 Å². The van der Waals surface area contributed by atoms with Gasteiger partial charge in [-0.05, 0) is 32.0 Å². The number of rotatable bonds is 3. The first-order chi connectivity index (χ1) is 8.08. The summed E-state index contributed by atoms with van der Waals surface area (Å²) in [6.07, 6.45) is 0.841. The molecule has 1 aliphatic heterocycles. The van der Waals surface area contributed by atoms with Crippen LogP contribution >= 0.6 is 0 Å². The highest BCUT2D eigenvalue weighted by Crippen LogP contribution is 2.21. The zero-order valence-corrected chi connectivity index (χ0v) is 10.6. The highest BCUT2D eigenvalue weighted by Gasteiger charge is 2.34. The Morgan fingerprint density at radius 1 is 1.41 bits per heavy atom. The Kier molecular flexibility index (Phi) is 3.48. The van der Waals surface area contributed by atoms with E-state index < -0.39 is 0 Å². The Balaban J connectivity index is 2.05. The maximum atomic E-state index is 11.6. The summed E-state index contributed by atoms with van der Waals surface area (Å²) in [6, 6.07) is 8.18. The molecule has 0 unspecified atom stereocenters. The van der Waals surface area contributed by atoms with Crippen LogP contribution in [0.5, 0.6) is 0 Å². The van der Waals surface area contributed by atoms with Gasteiger partial charge in [0.2, 0.25) is 0 Å². The summed E-state index contributed by atoms with van der Waals surface area (Å²) < 4.78 is 5.18. The largest absolute Gasteiger partial charge is 0.461 e. The summed E-state index contributed by atoms with van der Waals surface area (Å²) in [5.41, 5.74) is 2.53. The van der Waals surface area contributed by atoms with E-state index in [1.54, 1.807) is 0 Å². The third-order valence-electron chi connectivity index (χ3n) is 3.36. The van der Waals surface area contributed by atoms with Gasteiger partial charge in [-0.15, -0.1) is 0 Å². The van der Waals surface area contributed by atoms with E-state index in [4.69, 9.17) is 4.74 Å². The molecule has 0 saturated carbocycles. The summed E-state index contributed by atoms with van der Waals surface area (Å²) in [5, 5.41) is 0. The molecule has 2 rings (SSSR count). The summed E-state index contributed by atoms with van der Waals surface area (Å²) >= 11 is 0. The topological polar surface area (TPSA) is 29.5 Å². The van der Waals surface area contributed by atoms with Crippen molar-refractivity contribution in [3.8, 4) is 0 Å². The number of carbonyl (C=O) groups excluding carboxylic acids is 1. The van der Waals surface area contributed by atoms with Crippen molar-refractivity contribution in [2.45, 2.75) is 39.0 Å². The molecule has 1 fully saturated rings. The molecule has 0 bridgehead atoms. The average molecular weight is 233 g/mol. The van der Waals surface area contributed by atoms with E-state index in [2.05, 4.69) is 24.0 Å². The number of carbonyl (C=O) groups is 1. The van der Waals surface area contributed by atoms with Gasteiger partial charge in [-0.25, -0.2) is 0 Å². The van der Waals surface area contributed by atoms with Crippen LogP contribution in [0, 0.1) is 6.92 Å². The van der Waals surface area contributed by atoms with Gasteiger partial charge < -0.3 is 4.74 Å². The molecule has 1 aromatic rings. The first-order valence-electron chi connectivity index (χ1n) is 6.03. The van der Waals surface area contributed by atoms with E-state index in [0.29, 0.717) is 0 Å². The smallest absolute Gasteiger partial charge is 0.323 e. The molecule has 1 saturated heterocycles. The SMILES string of the molecule is Cc1ccccc1CN(C)[C@H]1C[C@H](C)OC1=O. The van der Waals surface area contributed by atoms with Crippen LogP contribution in [0.4, 0.5) is 0 Å². The highest BCUT2D eigenvalue weighted by atomic mass is 16.6.